The third-order valence-electron chi connectivity index (χ3n) is 7.78. The zero-order valence-electron chi connectivity index (χ0n) is 23.9. The molecule has 0 bridgehead atoms. The van der Waals surface area contributed by atoms with Crippen LogP contribution in [0.25, 0.3) is 11.4 Å². The number of piperidine rings is 1. The number of nitrogens with one attached hydrogen (secondary N) is 2. The molecule has 12 nitrogen and oxygen atoms in total. The number of nitrogens with zero attached hydrogens (tertiary/aromatic N) is 8. The van der Waals surface area contributed by atoms with Gasteiger partial charge in [-0.05, 0) is 44.2 Å². The molecule has 6 rings (SSSR count). The van der Waals surface area contributed by atoms with Crippen molar-refractivity contribution in [3.8, 4) is 23.2 Å². The fourth-order valence-corrected chi connectivity index (χ4v) is 6.64. The Balaban J connectivity index is 1.26. The Labute approximate surface area is 245 Å². The van der Waals surface area contributed by atoms with Crippen LogP contribution in [0.1, 0.15) is 43.7 Å². The van der Waals surface area contributed by atoms with Gasteiger partial charge in [0.25, 0.3) is 10.0 Å². The Morgan fingerprint density at radius 3 is 2.57 bits per heavy atom. The van der Waals surface area contributed by atoms with Crippen LogP contribution in [0.2, 0.25) is 0 Å². The quantitative estimate of drug-likeness (QED) is 0.297. The molecule has 0 unspecified atom stereocenters. The topological polar surface area (TPSA) is 136 Å². The standard InChI is InChI=1S/C29H34N10O2S/c1-29(20-30-2)9-12-38(13-10-29)25-14-27(32-16-22(25)5-4-21-15-33-37(3)18-21)35-26-8-11-31-28(36-26)23-17-34-39(19-23)42(40,41)24-6-7-24/h8,11,14-19,24,30H,6-7,9-10,12-13,20H2,1-3H3,(H,31,32,35,36). The highest BCUT2D eigenvalue weighted by Gasteiger charge is 2.37. The number of anilines is 3. The molecule has 4 aromatic heterocycles. The molecule has 0 atom stereocenters. The van der Waals surface area contributed by atoms with E-state index in [-0.39, 0.29) is 10.7 Å². The predicted molar refractivity (Wildman–Crippen MR) is 161 cm³/mol. The van der Waals surface area contributed by atoms with Crippen molar-refractivity contribution in [1.82, 2.24) is 39.2 Å². The summed E-state index contributed by atoms with van der Waals surface area (Å²) in [6, 6.07) is 3.76. The zero-order valence-corrected chi connectivity index (χ0v) is 24.8. The lowest BCUT2D eigenvalue weighted by atomic mass is 9.80. The van der Waals surface area contributed by atoms with Gasteiger partial charge in [-0.15, -0.1) is 0 Å². The van der Waals surface area contributed by atoms with Crippen LogP contribution in [0.15, 0.2) is 49.3 Å². The molecule has 218 valence electrons. The smallest absolute Gasteiger partial charge is 0.256 e. The van der Waals surface area contributed by atoms with E-state index < -0.39 is 10.0 Å². The molecule has 2 aliphatic rings. The van der Waals surface area contributed by atoms with Crippen LogP contribution in [0.4, 0.5) is 17.3 Å². The predicted octanol–water partition coefficient (Wildman–Crippen LogP) is 2.78. The lowest BCUT2D eigenvalue weighted by Crippen LogP contribution is -2.43. The summed E-state index contributed by atoms with van der Waals surface area (Å²) < 4.78 is 27.9. The number of pyridine rings is 1. The number of rotatable bonds is 8. The Kier molecular flexibility index (Phi) is 7.42. The van der Waals surface area contributed by atoms with Crippen molar-refractivity contribution in [1.29, 1.82) is 0 Å². The second-order valence-corrected chi connectivity index (χ2v) is 13.4. The van der Waals surface area contributed by atoms with E-state index in [9.17, 15) is 8.42 Å². The molecule has 1 aliphatic heterocycles. The van der Waals surface area contributed by atoms with Crippen molar-refractivity contribution >= 4 is 27.3 Å². The highest BCUT2D eigenvalue weighted by atomic mass is 32.2. The maximum atomic E-state index is 12.6. The van der Waals surface area contributed by atoms with Gasteiger partial charge < -0.3 is 15.5 Å². The molecular formula is C29H34N10O2S. The molecule has 1 saturated carbocycles. The van der Waals surface area contributed by atoms with Gasteiger partial charge in [-0.25, -0.2) is 23.4 Å². The maximum Gasteiger partial charge on any atom is 0.256 e. The molecular weight excluding hydrogens is 552 g/mol. The van der Waals surface area contributed by atoms with Crippen molar-refractivity contribution in [2.45, 2.75) is 37.9 Å². The normalized spacial score (nSPS) is 16.6. The van der Waals surface area contributed by atoms with Gasteiger partial charge >= 0.3 is 0 Å². The van der Waals surface area contributed by atoms with E-state index >= 15 is 0 Å². The molecule has 0 aromatic carbocycles. The Hall–Kier alpha value is -4.28. The van der Waals surface area contributed by atoms with Crippen LogP contribution >= 0.6 is 0 Å². The van der Waals surface area contributed by atoms with Crippen molar-refractivity contribution in [3.63, 3.8) is 0 Å². The summed E-state index contributed by atoms with van der Waals surface area (Å²) in [5, 5.41) is 14.6. The summed E-state index contributed by atoms with van der Waals surface area (Å²) in [5.74, 6) is 8.04. The maximum absolute atomic E-state index is 12.6. The largest absolute Gasteiger partial charge is 0.370 e. The minimum Gasteiger partial charge on any atom is -0.370 e. The lowest BCUT2D eigenvalue weighted by Gasteiger charge is -2.40. The van der Waals surface area contributed by atoms with Gasteiger partial charge in [0.15, 0.2) is 5.82 Å². The van der Waals surface area contributed by atoms with Gasteiger partial charge in [0.1, 0.15) is 11.6 Å². The van der Waals surface area contributed by atoms with Gasteiger partial charge in [0, 0.05) is 51.3 Å². The van der Waals surface area contributed by atoms with Crippen LogP contribution in [0.3, 0.4) is 0 Å². The third-order valence-corrected chi connectivity index (χ3v) is 9.81. The molecule has 1 aliphatic carbocycles. The molecule has 0 spiro atoms. The first-order valence-electron chi connectivity index (χ1n) is 14.0. The number of aromatic nitrogens is 7. The second kappa shape index (κ2) is 11.2. The SMILES string of the molecule is CNCC1(C)CCN(c2cc(Nc3ccnc(-c4cnn(S(=O)(=O)C5CC5)c4)n3)ncc2C#Cc2cnn(C)c2)CC1. The van der Waals surface area contributed by atoms with E-state index in [4.69, 9.17) is 0 Å². The highest BCUT2D eigenvalue weighted by molar-refractivity contribution is 7.90. The highest BCUT2D eigenvalue weighted by Crippen LogP contribution is 2.35. The van der Waals surface area contributed by atoms with Gasteiger partial charge in [-0.3, -0.25) is 4.68 Å². The second-order valence-electron chi connectivity index (χ2n) is 11.3. The molecule has 42 heavy (non-hydrogen) atoms. The van der Waals surface area contributed by atoms with E-state index in [1.807, 2.05) is 26.4 Å². The van der Waals surface area contributed by atoms with E-state index in [1.165, 1.54) is 12.4 Å². The van der Waals surface area contributed by atoms with Gasteiger partial charge in [-0.2, -0.15) is 14.3 Å². The van der Waals surface area contributed by atoms with Crippen LogP contribution in [0, 0.1) is 17.3 Å². The summed E-state index contributed by atoms with van der Waals surface area (Å²) in [4.78, 5) is 16.0. The minimum atomic E-state index is -3.46. The first kappa shape index (κ1) is 27.9. The first-order valence-corrected chi connectivity index (χ1v) is 15.5. The number of aryl methyl sites for hydroxylation is 1. The molecule has 4 aromatic rings. The van der Waals surface area contributed by atoms with E-state index in [0.29, 0.717) is 35.9 Å². The van der Waals surface area contributed by atoms with E-state index in [2.05, 4.69) is 59.4 Å². The van der Waals surface area contributed by atoms with E-state index in [1.54, 1.807) is 29.3 Å². The third kappa shape index (κ3) is 6.00. The molecule has 0 radical (unpaired) electrons. The molecule has 5 heterocycles. The molecule has 1 saturated heterocycles. The minimum absolute atomic E-state index is 0.254. The first-order chi connectivity index (χ1) is 20.2. The average molecular weight is 587 g/mol. The van der Waals surface area contributed by atoms with Gasteiger partial charge in [0.05, 0.1) is 46.2 Å². The summed E-state index contributed by atoms with van der Waals surface area (Å²) in [6.07, 6.45) is 13.5. The molecule has 0 amide bonds. The van der Waals surface area contributed by atoms with Gasteiger partial charge in [-0.1, -0.05) is 18.8 Å². The average Bonchev–Trinajstić information content (AvgIpc) is 3.58. The fourth-order valence-electron chi connectivity index (χ4n) is 5.16. The summed E-state index contributed by atoms with van der Waals surface area (Å²) in [5.41, 5.74) is 3.47. The Morgan fingerprint density at radius 2 is 1.86 bits per heavy atom. The van der Waals surface area contributed by atoms with Crippen molar-refractivity contribution in [3.05, 3.63) is 60.4 Å². The number of hydrogen-bond acceptors (Lipinski definition) is 10. The summed E-state index contributed by atoms with van der Waals surface area (Å²) >= 11 is 0. The van der Waals surface area contributed by atoms with Crippen molar-refractivity contribution in [2.24, 2.45) is 12.5 Å². The molecule has 2 N–H and O–H groups in total. The van der Waals surface area contributed by atoms with Crippen molar-refractivity contribution in [2.75, 3.05) is 36.9 Å². The van der Waals surface area contributed by atoms with Crippen LogP contribution in [0.5, 0.6) is 0 Å². The monoisotopic (exact) mass is 586 g/mol. The Bertz CT molecular complexity index is 1760. The molecule has 13 heteroatoms. The fraction of sp³-hybridized carbons (Fsp3) is 0.414. The van der Waals surface area contributed by atoms with Crippen LogP contribution < -0.4 is 15.5 Å². The van der Waals surface area contributed by atoms with Crippen molar-refractivity contribution < 1.29 is 8.42 Å². The molecule has 2 fully saturated rings. The Morgan fingerprint density at radius 1 is 1.05 bits per heavy atom. The van der Waals surface area contributed by atoms with Crippen LogP contribution in [-0.2, 0) is 17.1 Å². The summed E-state index contributed by atoms with van der Waals surface area (Å²) in [7, 11) is 0.413. The number of hydrogen-bond donors (Lipinski definition) is 2. The summed E-state index contributed by atoms with van der Waals surface area (Å²) in [6.45, 7) is 5.14. The van der Waals surface area contributed by atoms with E-state index in [0.717, 1.165) is 53.4 Å². The lowest BCUT2D eigenvalue weighted by molar-refractivity contribution is 0.243. The van der Waals surface area contributed by atoms with Crippen LogP contribution in [-0.4, -0.2) is 74.3 Å². The zero-order chi connectivity index (χ0) is 29.3. The van der Waals surface area contributed by atoms with Gasteiger partial charge in [0.2, 0.25) is 0 Å².